The van der Waals surface area contributed by atoms with Gasteiger partial charge in [0.2, 0.25) is 11.8 Å². The lowest BCUT2D eigenvalue weighted by molar-refractivity contribution is -0.125. The third kappa shape index (κ3) is 6.96. The Balaban J connectivity index is 1.67. The highest BCUT2D eigenvalue weighted by atomic mass is 16.2. The Labute approximate surface area is 230 Å². The second-order valence-electron chi connectivity index (χ2n) is 11.1. The van der Waals surface area contributed by atoms with Crippen LogP contribution in [-0.4, -0.2) is 50.1 Å². The number of nitrogens with zero attached hydrogens (tertiary/aromatic N) is 2. The number of nitrogens with one attached hydrogen (secondary N) is 3. The number of para-hydroxylation sites is 1. The second-order valence-corrected chi connectivity index (χ2v) is 11.1. The van der Waals surface area contributed by atoms with Crippen molar-refractivity contribution in [2.24, 2.45) is 0 Å². The van der Waals surface area contributed by atoms with Gasteiger partial charge in [-0.25, -0.2) is 4.79 Å². The molecule has 2 atom stereocenters. The van der Waals surface area contributed by atoms with Crippen LogP contribution in [0.4, 0.5) is 21.9 Å². The fraction of sp³-hybridized carbons (Fsp3) is 0.323. The van der Waals surface area contributed by atoms with Gasteiger partial charge >= 0.3 is 6.03 Å². The quantitative estimate of drug-likeness (QED) is 0.432. The molecule has 0 radical (unpaired) electrons. The van der Waals surface area contributed by atoms with Crippen molar-refractivity contribution >= 4 is 34.9 Å². The Morgan fingerprint density at radius 3 is 2.33 bits per heavy atom. The average Bonchev–Trinajstić information content (AvgIpc) is 2.99. The third-order valence-corrected chi connectivity index (χ3v) is 6.58. The predicted octanol–water partition coefficient (Wildman–Crippen LogP) is 4.73. The number of anilines is 3. The molecule has 2 unspecified atom stereocenters. The van der Waals surface area contributed by atoms with Crippen LogP contribution >= 0.6 is 0 Å². The number of urea groups is 1. The van der Waals surface area contributed by atoms with Gasteiger partial charge in [-0.1, -0.05) is 54.6 Å². The average molecular weight is 528 g/mol. The number of amides is 4. The van der Waals surface area contributed by atoms with Crippen molar-refractivity contribution in [2.45, 2.75) is 44.7 Å². The van der Waals surface area contributed by atoms with E-state index in [1.54, 1.807) is 6.07 Å². The maximum absolute atomic E-state index is 14.0. The van der Waals surface area contributed by atoms with Crippen LogP contribution in [0.5, 0.6) is 0 Å². The van der Waals surface area contributed by atoms with Gasteiger partial charge in [-0.05, 0) is 62.6 Å². The molecule has 0 fully saturated rings. The van der Waals surface area contributed by atoms with E-state index in [-0.39, 0.29) is 24.3 Å². The van der Waals surface area contributed by atoms with E-state index in [2.05, 4.69) is 16.0 Å². The molecular formula is C31H37N5O3. The summed E-state index contributed by atoms with van der Waals surface area (Å²) in [7, 11) is 3.85. The minimum Gasteiger partial charge on any atom is -0.378 e. The van der Waals surface area contributed by atoms with Crippen molar-refractivity contribution in [3.8, 4) is 0 Å². The molecule has 4 rings (SSSR count). The molecule has 0 bridgehead atoms. The Morgan fingerprint density at radius 2 is 1.64 bits per heavy atom. The van der Waals surface area contributed by atoms with Crippen LogP contribution in [0.2, 0.25) is 0 Å². The summed E-state index contributed by atoms with van der Waals surface area (Å²) < 4.78 is 0. The number of hydrogen-bond donors (Lipinski definition) is 3. The summed E-state index contributed by atoms with van der Waals surface area (Å²) in [6.45, 7) is 5.54. The first kappa shape index (κ1) is 27.7. The zero-order chi connectivity index (χ0) is 28.2. The lowest BCUT2D eigenvalue weighted by Gasteiger charge is -2.28. The molecule has 39 heavy (non-hydrogen) atoms. The molecule has 3 aromatic carbocycles. The summed E-state index contributed by atoms with van der Waals surface area (Å²) >= 11 is 0. The highest BCUT2D eigenvalue weighted by Gasteiger charge is 2.37. The molecule has 0 saturated carbocycles. The van der Waals surface area contributed by atoms with E-state index in [0.29, 0.717) is 17.8 Å². The first-order valence-corrected chi connectivity index (χ1v) is 13.1. The molecule has 1 aliphatic heterocycles. The molecular weight excluding hydrogens is 490 g/mol. The fourth-order valence-corrected chi connectivity index (χ4v) is 4.87. The topological polar surface area (TPSA) is 93.8 Å². The molecule has 1 heterocycles. The van der Waals surface area contributed by atoms with E-state index in [1.807, 2.05) is 113 Å². The highest BCUT2D eigenvalue weighted by molar-refractivity contribution is 6.05. The maximum atomic E-state index is 14.0. The van der Waals surface area contributed by atoms with Crippen LogP contribution in [0, 0.1) is 0 Å². The minimum atomic E-state index is -0.859. The first-order valence-electron chi connectivity index (χ1n) is 13.1. The zero-order valence-corrected chi connectivity index (χ0v) is 23.2. The summed E-state index contributed by atoms with van der Waals surface area (Å²) in [6, 6.07) is 23.7. The third-order valence-electron chi connectivity index (χ3n) is 6.58. The Kier molecular flexibility index (Phi) is 8.24. The van der Waals surface area contributed by atoms with Gasteiger partial charge in [0.25, 0.3) is 0 Å². The number of hydrogen-bond acceptors (Lipinski definition) is 4. The largest absolute Gasteiger partial charge is 0.378 e. The number of rotatable bonds is 6. The Hall–Kier alpha value is -4.33. The van der Waals surface area contributed by atoms with Crippen molar-refractivity contribution in [1.29, 1.82) is 0 Å². The normalized spacial score (nSPS) is 17.1. The summed E-state index contributed by atoms with van der Waals surface area (Å²) in [5, 5.41) is 8.71. The van der Waals surface area contributed by atoms with E-state index in [0.717, 1.165) is 16.8 Å². The van der Waals surface area contributed by atoms with E-state index >= 15 is 0 Å². The molecule has 204 valence electrons. The highest BCUT2D eigenvalue weighted by Crippen LogP contribution is 2.39. The first-order chi connectivity index (χ1) is 18.5. The molecule has 8 heteroatoms. The van der Waals surface area contributed by atoms with Crippen molar-refractivity contribution in [3.05, 3.63) is 90.0 Å². The van der Waals surface area contributed by atoms with Crippen LogP contribution in [0.3, 0.4) is 0 Å². The summed E-state index contributed by atoms with van der Waals surface area (Å²) in [6.07, 6.45) is 0.350. The van der Waals surface area contributed by atoms with Gasteiger partial charge in [0, 0.05) is 42.6 Å². The fourth-order valence-electron chi connectivity index (χ4n) is 4.87. The molecule has 4 amide bonds. The van der Waals surface area contributed by atoms with E-state index < -0.39 is 17.6 Å². The summed E-state index contributed by atoms with van der Waals surface area (Å²) in [4.78, 5) is 43.6. The molecule has 0 saturated heterocycles. The van der Waals surface area contributed by atoms with Crippen LogP contribution in [0.1, 0.15) is 44.2 Å². The number of carbonyl (C=O) groups is 3. The summed E-state index contributed by atoms with van der Waals surface area (Å²) in [5.41, 5.74) is 3.74. The van der Waals surface area contributed by atoms with Crippen LogP contribution in [-0.2, 0) is 9.59 Å². The molecule has 0 spiro atoms. The van der Waals surface area contributed by atoms with Crippen molar-refractivity contribution < 1.29 is 14.4 Å². The standard InChI is InChI=1S/C31H37N5O3/c1-31(2,3)34-28(37)20-36-27-17-10-9-16-24(27)25(21-12-7-6-8-13-21)19-26(29(36)38)33-30(39)32-22-14-11-15-23(18-22)35(4)5/h6-18,25-26H,19-20H2,1-5H3,(H,34,37)(H2,32,33,39). The molecule has 0 aliphatic carbocycles. The smallest absolute Gasteiger partial charge is 0.319 e. The number of fused-ring (bicyclic) bond motifs is 1. The van der Waals surface area contributed by atoms with Crippen molar-refractivity contribution in [3.63, 3.8) is 0 Å². The van der Waals surface area contributed by atoms with E-state index in [1.165, 1.54) is 4.90 Å². The molecule has 0 aromatic heterocycles. The monoisotopic (exact) mass is 527 g/mol. The van der Waals surface area contributed by atoms with Gasteiger partial charge < -0.3 is 25.8 Å². The lowest BCUT2D eigenvalue weighted by atomic mass is 9.86. The van der Waals surface area contributed by atoms with Gasteiger partial charge in [-0.3, -0.25) is 9.59 Å². The SMILES string of the molecule is CN(C)c1cccc(NC(=O)NC2CC(c3ccccc3)c3ccccc3N(CC(=O)NC(C)(C)C)C2=O)c1. The van der Waals surface area contributed by atoms with Gasteiger partial charge in [0.15, 0.2) is 0 Å². The Morgan fingerprint density at radius 1 is 0.949 bits per heavy atom. The van der Waals surface area contributed by atoms with E-state index in [9.17, 15) is 14.4 Å². The van der Waals surface area contributed by atoms with Gasteiger partial charge in [-0.2, -0.15) is 0 Å². The van der Waals surface area contributed by atoms with Crippen molar-refractivity contribution in [1.82, 2.24) is 10.6 Å². The van der Waals surface area contributed by atoms with Gasteiger partial charge in [0.05, 0.1) is 0 Å². The van der Waals surface area contributed by atoms with Crippen LogP contribution in [0.25, 0.3) is 0 Å². The van der Waals surface area contributed by atoms with Gasteiger partial charge in [0.1, 0.15) is 12.6 Å². The Bertz CT molecular complexity index is 1330. The molecule has 3 aromatic rings. The zero-order valence-electron chi connectivity index (χ0n) is 23.2. The van der Waals surface area contributed by atoms with E-state index in [4.69, 9.17) is 0 Å². The lowest BCUT2D eigenvalue weighted by Crippen LogP contribution is -2.53. The van der Waals surface area contributed by atoms with Crippen LogP contribution in [0.15, 0.2) is 78.9 Å². The summed E-state index contributed by atoms with van der Waals surface area (Å²) in [5.74, 6) is -0.765. The second kappa shape index (κ2) is 11.6. The molecule has 1 aliphatic rings. The maximum Gasteiger partial charge on any atom is 0.319 e. The van der Waals surface area contributed by atoms with Crippen molar-refractivity contribution in [2.75, 3.05) is 35.8 Å². The number of benzene rings is 3. The number of carbonyl (C=O) groups excluding carboxylic acids is 3. The molecule has 8 nitrogen and oxygen atoms in total. The minimum absolute atomic E-state index is 0.153. The predicted molar refractivity (Wildman–Crippen MR) is 156 cm³/mol. The molecule has 3 N–H and O–H groups in total. The van der Waals surface area contributed by atoms with Crippen LogP contribution < -0.4 is 25.8 Å². The van der Waals surface area contributed by atoms with Gasteiger partial charge in [-0.15, -0.1) is 0 Å².